The average Bonchev–Trinajstić information content (AvgIpc) is 2.37. The third-order valence-electron chi connectivity index (χ3n) is 2.05. The lowest BCUT2D eigenvalue weighted by molar-refractivity contribution is 0.0844. The summed E-state index contributed by atoms with van der Waals surface area (Å²) in [4.78, 5) is 0. The van der Waals surface area contributed by atoms with E-state index < -0.39 is 5.60 Å². The van der Waals surface area contributed by atoms with Gasteiger partial charge in [-0.25, -0.2) is 0 Å². The van der Waals surface area contributed by atoms with Crippen LogP contribution in [0.4, 0.5) is 0 Å². The number of thiol groups is 1. The third-order valence-corrected chi connectivity index (χ3v) is 2.16. The van der Waals surface area contributed by atoms with E-state index in [1.54, 1.807) is 6.92 Å². The van der Waals surface area contributed by atoms with Crippen LogP contribution in [0.3, 0.4) is 0 Å². The Hall–Kier alpha value is -0.170. The van der Waals surface area contributed by atoms with Crippen molar-refractivity contribution in [2.75, 3.05) is 6.54 Å². The molecule has 0 radical (unpaired) electrons. The fourth-order valence-electron chi connectivity index (χ4n) is 1.36. The van der Waals surface area contributed by atoms with Gasteiger partial charge in [0.1, 0.15) is 5.60 Å². The topological polar surface area (TPSA) is 32.3 Å². The first-order valence-corrected chi connectivity index (χ1v) is 4.23. The molecule has 1 saturated heterocycles. The highest BCUT2D eigenvalue weighted by atomic mass is 32.1. The first-order valence-electron chi connectivity index (χ1n) is 3.79. The summed E-state index contributed by atoms with van der Waals surface area (Å²) in [7, 11) is 0. The van der Waals surface area contributed by atoms with Gasteiger partial charge in [-0.15, -0.1) is 0 Å². The minimum Gasteiger partial charge on any atom is -0.376 e. The molecule has 0 unspecified atom stereocenters. The molecule has 1 heterocycles. The highest BCUT2D eigenvalue weighted by Crippen LogP contribution is 2.17. The maximum Gasteiger partial charge on any atom is 0.138 e. The fourth-order valence-corrected chi connectivity index (χ4v) is 1.59. The summed E-state index contributed by atoms with van der Waals surface area (Å²) in [6.07, 6.45) is 2.12. The van der Waals surface area contributed by atoms with Gasteiger partial charge in [-0.1, -0.05) is 18.5 Å². The molecule has 2 atom stereocenters. The monoisotopic (exact) mass is 171 g/mol. The van der Waals surface area contributed by atoms with Crippen molar-refractivity contribution in [2.45, 2.75) is 31.4 Å². The van der Waals surface area contributed by atoms with Crippen molar-refractivity contribution in [1.29, 1.82) is 0 Å². The van der Waals surface area contributed by atoms with Gasteiger partial charge < -0.3 is 10.4 Å². The van der Waals surface area contributed by atoms with Crippen molar-refractivity contribution in [3.8, 4) is 11.2 Å². The maximum absolute atomic E-state index is 9.73. The zero-order valence-corrected chi connectivity index (χ0v) is 7.49. The minimum atomic E-state index is -0.918. The Morgan fingerprint density at radius 1 is 1.73 bits per heavy atom. The number of rotatable bonds is 1. The van der Waals surface area contributed by atoms with Crippen LogP contribution in [0.5, 0.6) is 0 Å². The van der Waals surface area contributed by atoms with Gasteiger partial charge in [0, 0.05) is 6.04 Å². The van der Waals surface area contributed by atoms with Crippen molar-refractivity contribution in [1.82, 2.24) is 5.32 Å². The molecule has 1 fully saturated rings. The highest BCUT2D eigenvalue weighted by molar-refractivity contribution is 7.85. The predicted molar refractivity (Wildman–Crippen MR) is 48.4 cm³/mol. The molecular formula is C8H13NOS. The van der Waals surface area contributed by atoms with Gasteiger partial charge in [0.25, 0.3) is 0 Å². The fraction of sp³-hybridized carbons (Fsp3) is 0.750. The largest absolute Gasteiger partial charge is 0.376 e. The van der Waals surface area contributed by atoms with E-state index >= 15 is 0 Å². The van der Waals surface area contributed by atoms with Gasteiger partial charge in [-0.2, -0.15) is 0 Å². The molecule has 11 heavy (non-hydrogen) atoms. The lowest BCUT2D eigenvalue weighted by Crippen LogP contribution is -2.44. The summed E-state index contributed by atoms with van der Waals surface area (Å²) in [5.41, 5.74) is -0.918. The quantitative estimate of drug-likeness (QED) is 0.394. The smallest absolute Gasteiger partial charge is 0.138 e. The van der Waals surface area contributed by atoms with Crippen LogP contribution < -0.4 is 5.32 Å². The van der Waals surface area contributed by atoms with E-state index in [9.17, 15) is 5.11 Å². The molecule has 0 aromatic rings. The minimum absolute atomic E-state index is 0.113. The van der Waals surface area contributed by atoms with Crippen molar-refractivity contribution >= 4 is 12.6 Å². The molecule has 0 aliphatic carbocycles. The molecule has 0 aromatic carbocycles. The Morgan fingerprint density at radius 3 is 2.91 bits per heavy atom. The Bertz CT molecular complexity index is 186. The lowest BCUT2D eigenvalue weighted by Gasteiger charge is -2.23. The van der Waals surface area contributed by atoms with Gasteiger partial charge >= 0.3 is 0 Å². The van der Waals surface area contributed by atoms with Crippen LogP contribution in [0, 0.1) is 11.2 Å². The normalized spacial score (nSPS) is 28.8. The first kappa shape index (κ1) is 8.92. The Balaban J connectivity index is 2.60. The van der Waals surface area contributed by atoms with Gasteiger partial charge in [0.05, 0.1) is 0 Å². The third kappa shape index (κ3) is 2.13. The van der Waals surface area contributed by atoms with E-state index in [1.165, 1.54) is 0 Å². The van der Waals surface area contributed by atoms with Crippen LogP contribution in [0.2, 0.25) is 0 Å². The molecule has 1 rings (SSSR count). The average molecular weight is 171 g/mol. The molecule has 62 valence electrons. The molecule has 3 heteroatoms. The molecule has 2 nitrogen and oxygen atoms in total. The van der Waals surface area contributed by atoms with E-state index in [1.807, 2.05) is 0 Å². The van der Waals surface area contributed by atoms with Crippen LogP contribution in [0.15, 0.2) is 0 Å². The van der Waals surface area contributed by atoms with Crippen LogP contribution in [0.25, 0.3) is 0 Å². The Labute approximate surface area is 72.8 Å². The molecule has 0 spiro atoms. The van der Waals surface area contributed by atoms with Gasteiger partial charge in [0.2, 0.25) is 0 Å². The van der Waals surface area contributed by atoms with E-state index in [2.05, 4.69) is 29.1 Å². The zero-order valence-electron chi connectivity index (χ0n) is 6.59. The number of hydrogen-bond acceptors (Lipinski definition) is 3. The summed E-state index contributed by atoms with van der Waals surface area (Å²) >= 11 is 3.76. The molecule has 2 N–H and O–H groups in total. The lowest BCUT2D eigenvalue weighted by atomic mass is 9.96. The van der Waals surface area contributed by atoms with Crippen LogP contribution in [0.1, 0.15) is 19.8 Å². The highest BCUT2D eigenvalue weighted by Gasteiger charge is 2.31. The molecule has 0 amide bonds. The van der Waals surface area contributed by atoms with E-state index in [0.29, 0.717) is 0 Å². The summed E-state index contributed by atoms with van der Waals surface area (Å²) in [5.74, 6) is 2.67. The molecular weight excluding hydrogens is 158 g/mol. The molecule has 0 bridgehead atoms. The van der Waals surface area contributed by atoms with Crippen molar-refractivity contribution in [3.05, 3.63) is 0 Å². The van der Waals surface area contributed by atoms with Crippen molar-refractivity contribution < 1.29 is 5.11 Å². The van der Waals surface area contributed by atoms with Gasteiger partial charge in [-0.05, 0) is 31.6 Å². The number of hydrogen-bond donors (Lipinski definition) is 3. The maximum atomic E-state index is 9.73. The summed E-state index contributed by atoms with van der Waals surface area (Å²) in [6.45, 7) is 2.70. The van der Waals surface area contributed by atoms with Crippen molar-refractivity contribution in [2.24, 2.45) is 0 Å². The second kappa shape index (κ2) is 3.48. The standard InChI is InChI=1S/C8H13NOS/c1-8(10,4-6-11)7-3-2-5-9-7/h7,9-11H,2-3,5H2,1H3/t7-,8-/m0/s1. The Kier molecular flexibility index (Phi) is 2.83. The molecule has 0 aromatic heterocycles. The Morgan fingerprint density at radius 2 is 2.45 bits per heavy atom. The SMILES string of the molecule is C[C@](O)(C#CS)[C@@H]1CCCN1. The first-order chi connectivity index (χ1) is 5.17. The second-order valence-corrected chi connectivity index (χ2v) is 3.26. The van der Waals surface area contributed by atoms with E-state index in [4.69, 9.17) is 0 Å². The summed E-state index contributed by atoms with van der Waals surface area (Å²) in [6, 6.07) is 0.113. The van der Waals surface area contributed by atoms with Gasteiger partial charge in [0.15, 0.2) is 0 Å². The summed E-state index contributed by atoms with van der Waals surface area (Å²) in [5, 5.41) is 15.4. The van der Waals surface area contributed by atoms with Gasteiger partial charge in [-0.3, -0.25) is 0 Å². The summed E-state index contributed by atoms with van der Waals surface area (Å²) < 4.78 is 0. The molecule has 1 aliphatic rings. The van der Waals surface area contributed by atoms with Crippen molar-refractivity contribution in [3.63, 3.8) is 0 Å². The number of aliphatic hydroxyl groups is 1. The van der Waals surface area contributed by atoms with Crippen LogP contribution in [-0.2, 0) is 0 Å². The second-order valence-electron chi connectivity index (χ2n) is 3.03. The zero-order chi connectivity index (χ0) is 8.32. The van der Waals surface area contributed by atoms with Crippen LogP contribution in [-0.4, -0.2) is 23.3 Å². The van der Waals surface area contributed by atoms with Crippen LogP contribution >= 0.6 is 12.6 Å². The predicted octanol–water partition coefficient (Wildman–Crippen LogP) is 0.380. The van der Waals surface area contributed by atoms with E-state index in [0.717, 1.165) is 19.4 Å². The molecule has 1 aliphatic heterocycles. The number of nitrogens with one attached hydrogen (secondary N) is 1. The molecule has 0 saturated carbocycles. The van der Waals surface area contributed by atoms with E-state index in [-0.39, 0.29) is 6.04 Å².